The summed E-state index contributed by atoms with van der Waals surface area (Å²) in [6.45, 7) is 0. The first-order chi connectivity index (χ1) is 9.81. The molecule has 0 fully saturated rings. The number of carbonyl (C=O) groups excluding carboxylic acids is 1. The summed E-state index contributed by atoms with van der Waals surface area (Å²) in [7, 11) is 1.63. The minimum Gasteiger partial charge on any atom is -0.497 e. The molecule has 2 heteroatoms. The lowest BCUT2D eigenvalue weighted by Gasteiger charge is -2.09. The Labute approximate surface area is 117 Å². The second-order valence-electron chi connectivity index (χ2n) is 4.63. The summed E-state index contributed by atoms with van der Waals surface area (Å²) in [5.41, 5.74) is 2.58. The molecule has 0 unspecified atom stereocenters. The maximum atomic E-state index is 11.2. The van der Waals surface area contributed by atoms with Crippen molar-refractivity contribution in [1.29, 1.82) is 0 Å². The molecular weight excluding hydrogens is 248 g/mol. The van der Waals surface area contributed by atoms with Crippen molar-refractivity contribution in [3.05, 3.63) is 66.2 Å². The lowest BCUT2D eigenvalue weighted by Crippen LogP contribution is -1.90. The Morgan fingerprint density at radius 2 is 1.70 bits per heavy atom. The SMILES string of the molecule is COc1ccc(C=O)c(-c2ccc3ccccc3c2)c1. The zero-order chi connectivity index (χ0) is 13.9. The number of aldehydes is 1. The van der Waals surface area contributed by atoms with Crippen LogP contribution in [0.15, 0.2) is 60.7 Å². The van der Waals surface area contributed by atoms with E-state index in [0.717, 1.165) is 28.5 Å². The summed E-state index contributed by atoms with van der Waals surface area (Å²) in [6, 6.07) is 19.9. The smallest absolute Gasteiger partial charge is 0.150 e. The Kier molecular flexibility index (Phi) is 3.21. The molecule has 0 aliphatic heterocycles. The molecule has 0 amide bonds. The van der Waals surface area contributed by atoms with Gasteiger partial charge >= 0.3 is 0 Å². The summed E-state index contributed by atoms with van der Waals surface area (Å²) in [6.07, 6.45) is 0.879. The van der Waals surface area contributed by atoms with Crippen LogP contribution in [-0.2, 0) is 0 Å². The van der Waals surface area contributed by atoms with Gasteiger partial charge < -0.3 is 4.74 Å². The van der Waals surface area contributed by atoms with Gasteiger partial charge in [0.05, 0.1) is 7.11 Å². The van der Waals surface area contributed by atoms with Crippen LogP contribution in [0, 0.1) is 0 Å². The monoisotopic (exact) mass is 262 g/mol. The highest BCUT2D eigenvalue weighted by molar-refractivity contribution is 5.92. The molecule has 0 saturated heterocycles. The zero-order valence-corrected chi connectivity index (χ0v) is 11.2. The van der Waals surface area contributed by atoms with E-state index in [9.17, 15) is 4.79 Å². The molecule has 3 rings (SSSR count). The molecule has 0 saturated carbocycles. The standard InChI is InChI=1S/C18H14O2/c1-20-17-9-8-16(12-19)18(11-17)15-7-6-13-4-2-3-5-14(13)10-15/h2-12H,1H3. The lowest BCUT2D eigenvalue weighted by molar-refractivity contribution is 0.112. The van der Waals surface area contributed by atoms with Crippen molar-refractivity contribution in [3.8, 4) is 16.9 Å². The number of methoxy groups -OCH3 is 1. The number of ether oxygens (including phenoxy) is 1. The van der Waals surface area contributed by atoms with E-state index in [-0.39, 0.29) is 0 Å². The Morgan fingerprint density at radius 3 is 2.45 bits per heavy atom. The van der Waals surface area contributed by atoms with Gasteiger partial charge in [0.25, 0.3) is 0 Å². The molecule has 3 aromatic rings. The quantitative estimate of drug-likeness (QED) is 0.657. The fraction of sp³-hybridized carbons (Fsp3) is 0.0556. The third kappa shape index (κ3) is 2.16. The molecule has 98 valence electrons. The highest BCUT2D eigenvalue weighted by atomic mass is 16.5. The van der Waals surface area contributed by atoms with Crippen molar-refractivity contribution in [3.63, 3.8) is 0 Å². The number of fused-ring (bicyclic) bond motifs is 1. The van der Waals surface area contributed by atoms with Crippen molar-refractivity contribution in [1.82, 2.24) is 0 Å². The summed E-state index contributed by atoms with van der Waals surface area (Å²) in [5, 5.41) is 2.34. The van der Waals surface area contributed by atoms with E-state index in [1.807, 2.05) is 24.3 Å². The first kappa shape index (κ1) is 12.4. The van der Waals surface area contributed by atoms with Crippen molar-refractivity contribution in [2.75, 3.05) is 7.11 Å². The van der Waals surface area contributed by atoms with Crippen LogP contribution < -0.4 is 4.74 Å². The normalized spacial score (nSPS) is 10.4. The van der Waals surface area contributed by atoms with Crippen LogP contribution in [0.3, 0.4) is 0 Å². The molecule has 20 heavy (non-hydrogen) atoms. The Hall–Kier alpha value is -2.61. The maximum Gasteiger partial charge on any atom is 0.150 e. The molecule has 2 nitrogen and oxygen atoms in total. The number of carbonyl (C=O) groups is 1. The third-order valence-electron chi connectivity index (χ3n) is 3.45. The van der Waals surface area contributed by atoms with E-state index in [1.165, 1.54) is 5.39 Å². The van der Waals surface area contributed by atoms with E-state index >= 15 is 0 Å². The molecule has 3 aromatic carbocycles. The van der Waals surface area contributed by atoms with Crippen LogP contribution in [0.2, 0.25) is 0 Å². The van der Waals surface area contributed by atoms with Gasteiger partial charge in [-0.3, -0.25) is 4.79 Å². The van der Waals surface area contributed by atoms with Crippen molar-refractivity contribution >= 4 is 17.1 Å². The van der Waals surface area contributed by atoms with E-state index in [2.05, 4.69) is 24.3 Å². The molecule has 0 N–H and O–H groups in total. The Balaban J connectivity index is 2.21. The summed E-state index contributed by atoms with van der Waals surface area (Å²) < 4.78 is 5.25. The lowest BCUT2D eigenvalue weighted by atomic mass is 9.97. The molecule has 0 aliphatic carbocycles. The molecule has 0 heterocycles. The van der Waals surface area contributed by atoms with Crippen LogP contribution in [0.1, 0.15) is 10.4 Å². The highest BCUT2D eigenvalue weighted by Gasteiger charge is 2.07. The molecule has 0 bridgehead atoms. The minimum absolute atomic E-state index is 0.668. The number of hydrogen-bond donors (Lipinski definition) is 0. The predicted molar refractivity (Wildman–Crippen MR) is 81.3 cm³/mol. The van der Waals surface area contributed by atoms with Gasteiger partial charge in [0.2, 0.25) is 0 Å². The summed E-state index contributed by atoms with van der Waals surface area (Å²) >= 11 is 0. The minimum atomic E-state index is 0.668. The average Bonchev–Trinajstić information content (AvgIpc) is 2.53. The maximum absolute atomic E-state index is 11.2. The van der Waals surface area contributed by atoms with Crippen LogP contribution in [0.5, 0.6) is 5.75 Å². The van der Waals surface area contributed by atoms with Gasteiger partial charge in [-0.05, 0) is 46.2 Å². The van der Waals surface area contributed by atoms with Gasteiger partial charge in [-0.15, -0.1) is 0 Å². The topological polar surface area (TPSA) is 26.3 Å². The van der Waals surface area contributed by atoms with Gasteiger partial charge in [0.1, 0.15) is 5.75 Å². The molecule has 0 spiro atoms. The molecular formula is C18H14O2. The van der Waals surface area contributed by atoms with E-state index < -0.39 is 0 Å². The fourth-order valence-electron chi connectivity index (χ4n) is 2.37. The van der Waals surface area contributed by atoms with Crippen molar-refractivity contribution < 1.29 is 9.53 Å². The second-order valence-corrected chi connectivity index (χ2v) is 4.63. The summed E-state index contributed by atoms with van der Waals surface area (Å²) in [5.74, 6) is 0.749. The Bertz CT molecular complexity index is 775. The Morgan fingerprint density at radius 1 is 0.900 bits per heavy atom. The fourth-order valence-corrected chi connectivity index (χ4v) is 2.37. The van der Waals surface area contributed by atoms with Gasteiger partial charge in [0, 0.05) is 5.56 Å². The first-order valence-corrected chi connectivity index (χ1v) is 6.44. The van der Waals surface area contributed by atoms with Crippen molar-refractivity contribution in [2.45, 2.75) is 0 Å². The van der Waals surface area contributed by atoms with Crippen LogP contribution in [0.25, 0.3) is 21.9 Å². The number of hydrogen-bond acceptors (Lipinski definition) is 2. The second kappa shape index (κ2) is 5.17. The summed E-state index contributed by atoms with van der Waals surface area (Å²) in [4.78, 5) is 11.2. The first-order valence-electron chi connectivity index (χ1n) is 6.44. The van der Waals surface area contributed by atoms with Crippen LogP contribution in [0.4, 0.5) is 0 Å². The molecule has 0 radical (unpaired) electrons. The third-order valence-corrected chi connectivity index (χ3v) is 3.45. The van der Waals surface area contributed by atoms with Gasteiger partial charge in [-0.25, -0.2) is 0 Å². The predicted octanol–water partition coefficient (Wildman–Crippen LogP) is 4.33. The van der Waals surface area contributed by atoms with E-state index in [1.54, 1.807) is 19.2 Å². The molecule has 0 aliphatic rings. The van der Waals surface area contributed by atoms with Gasteiger partial charge in [-0.2, -0.15) is 0 Å². The molecule has 0 aromatic heterocycles. The van der Waals surface area contributed by atoms with Crippen molar-refractivity contribution in [2.24, 2.45) is 0 Å². The van der Waals surface area contributed by atoms with Gasteiger partial charge in [0.15, 0.2) is 6.29 Å². The highest BCUT2D eigenvalue weighted by Crippen LogP contribution is 2.29. The van der Waals surface area contributed by atoms with E-state index in [0.29, 0.717) is 5.56 Å². The largest absolute Gasteiger partial charge is 0.497 e. The number of benzene rings is 3. The average molecular weight is 262 g/mol. The zero-order valence-electron chi connectivity index (χ0n) is 11.2. The van der Waals surface area contributed by atoms with Crippen LogP contribution in [-0.4, -0.2) is 13.4 Å². The number of rotatable bonds is 3. The molecule has 0 atom stereocenters. The van der Waals surface area contributed by atoms with Crippen LogP contribution >= 0.6 is 0 Å². The van der Waals surface area contributed by atoms with E-state index in [4.69, 9.17) is 4.74 Å². The van der Waals surface area contributed by atoms with Gasteiger partial charge in [-0.1, -0.05) is 36.4 Å².